The topological polar surface area (TPSA) is 45.2 Å². The molecule has 0 spiro atoms. The Kier molecular flexibility index (Phi) is 4.91. The summed E-state index contributed by atoms with van der Waals surface area (Å²) in [5.74, 6) is -0.0461. The van der Waals surface area contributed by atoms with Crippen LogP contribution in [0.3, 0.4) is 0 Å². The van der Waals surface area contributed by atoms with Crippen molar-refractivity contribution in [2.75, 3.05) is 27.2 Å². The summed E-state index contributed by atoms with van der Waals surface area (Å²) in [7, 11) is 3.98. The van der Waals surface area contributed by atoms with Crippen LogP contribution in [0.15, 0.2) is 24.4 Å². The zero-order chi connectivity index (χ0) is 15.4. The molecule has 0 bridgehead atoms. The average Bonchev–Trinajstić information content (AvgIpc) is 2.46. The van der Waals surface area contributed by atoms with Crippen molar-refractivity contribution in [3.63, 3.8) is 0 Å². The van der Waals surface area contributed by atoms with Crippen molar-refractivity contribution in [3.8, 4) is 0 Å². The Morgan fingerprint density at radius 2 is 2.10 bits per heavy atom. The molecule has 4 nitrogen and oxygen atoms in total. The maximum absolute atomic E-state index is 12.4. The van der Waals surface area contributed by atoms with E-state index < -0.39 is 0 Å². The predicted octanol–water partition coefficient (Wildman–Crippen LogP) is 2.40. The minimum absolute atomic E-state index is 0.0461. The highest BCUT2D eigenvalue weighted by molar-refractivity contribution is 6.06. The van der Waals surface area contributed by atoms with Crippen molar-refractivity contribution in [1.29, 1.82) is 0 Å². The lowest BCUT2D eigenvalue weighted by Gasteiger charge is -2.13. The molecule has 0 aliphatic heterocycles. The molecule has 1 aromatic carbocycles. The van der Waals surface area contributed by atoms with Gasteiger partial charge in [-0.25, -0.2) is 0 Å². The summed E-state index contributed by atoms with van der Waals surface area (Å²) >= 11 is 0. The van der Waals surface area contributed by atoms with E-state index in [2.05, 4.69) is 30.2 Å². The predicted molar refractivity (Wildman–Crippen MR) is 86.7 cm³/mol. The van der Waals surface area contributed by atoms with Gasteiger partial charge in [0.15, 0.2) is 0 Å². The first kappa shape index (κ1) is 15.4. The summed E-state index contributed by atoms with van der Waals surface area (Å²) in [4.78, 5) is 18.9. The fourth-order valence-corrected chi connectivity index (χ4v) is 2.31. The number of fused-ring (bicyclic) bond motifs is 1. The molecule has 1 amide bonds. The Morgan fingerprint density at radius 1 is 1.33 bits per heavy atom. The van der Waals surface area contributed by atoms with Crippen LogP contribution < -0.4 is 5.32 Å². The Labute approximate surface area is 126 Å². The molecule has 0 aliphatic carbocycles. The van der Waals surface area contributed by atoms with Gasteiger partial charge in [-0.3, -0.25) is 9.78 Å². The van der Waals surface area contributed by atoms with Crippen LogP contribution in [0.5, 0.6) is 0 Å². The number of carbonyl (C=O) groups is 1. The Bertz CT molecular complexity index is 650. The maximum Gasteiger partial charge on any atom is 0.253 e. The summed E-state index contributed by atoms with van der Waals surface area (Å²) in [5.41, 5.74) is 3.77. The van der Waals surface area contributed by atoms with Gasteiger partial charge < -0.3 is 10.2 Å². The molecule has 0 radical (unpaired) electrons. The van der Waals surface area contributed by atoms with E-state index in [1.54, 1.807) is 6.20 Å². The smallest absolute Gasteiger partial charge is 0.253 e. The molecule has 1 heterocycles. The third kappa shape index (κ3) is 3.58. The summed E-state index contributed by atoms with van der Waals surface area (Å²) in [6.07, 6.45) is 2.67. The SMILES string of the molecule is CCc1cc(C(=O)NCCN(C)C)c2nccc(C)c2c1. The van der Waals surface area contributed by atoms with Crippen molar-refractivity contribution < 1.29 is 4.79 Å². The van der Waals surface area contributed by atoms with Crippen LogP contribution in [-0.4, -0.2) is 43.0 Å². The second-order valence-corrected chi connectivity index (χ2v) is 5.58. The van der Waals surface area contributed by atoms with E-state index in [1.807, 2.05) is 31.1 Å². The van der Waals surface area contributed by atoms with E-state index >= 15 is 0 Å². The lowest BCUT2D eigenvalue weighted by molar-refractivity contribution is 0.0952. The van der Waals surface area contributed by atoms with Crippen LogP contribution in [0.1, 0.15) is 28.4 Å². The van der Waals surface area contributed by atoms with Gasteiger partial charge in [0.05, 0.1) is 11.1 Å². The fraction of sp³-hybridized carbons (Fsp3) is 0.412. The van der Waals surface area contributed by atoms with Gasteiger partial charge in [-0.15, -0.1) is 0 Å². The number of hydrogen-bond donors (Lipinski definition) is 1. The second kappa shape index (κ2) is 6.68. The molecule has 1 aromatic heterocycles. The number of benzene rings is 1. The van der Waals surface area contributed by atoms with Crippen LogP contribution in [0, 0.1) is 6.92 Å². The number of amides is 1. The highest BCUT2D eigenvalue weighted by atomic mass is 16.1. The third-order valence-corrected chi connectivity index (χ3v) is 3.62. The van der Waals surface area contributed by atoms with Crippen molar-refractivity contribution in [2.24, 2.45) is 0 Å². The monoisotopic (exact) mass is 285 g/mol. The van der Waals surface area contributed by atoms with Gasteiger partial charge in [-0.05, 0) is 56.8 Å². The van der Waals surface area contributed by atoms with Crippen molar-refractivity contribution in [3.05, 3.63) is 41.1 Å². The number of nitrogens with one attached hydrogen (secondary N) is 1. The summed E-state index contributed by atoms with van der Waals surface area (Å²) < 4.78 is 0. The molecule has 2 rings (SSSR count). The minimum Gasteiger partial charge on any atom is -0.351 e. The van der Waals surface area contributed by atoms with Gasteiger partial charge in [0, 0.05) is 24.7 Å². The van der Waals surface area contributed by atoms with E-state index in [0.29, 0.717) is 12.1 Å². The van der Waals surface area contributed by atoms with Crippen molar-refractivity contribution >= 4 is 16.8 Å². The van der Waals surface area contributed by atoms with Crippen LogP contribution in [0.2, 0.25) is 0 Å². The largest absolute Gasteiger partial charge is 0.351 e. The zero-order valence-electron chi connectivity index (χ0n) is 13.2. The number of carbonyl (C=O) groups excluding carboxylic acids is 1. The molecule has 0 atom stereocenters. The van der Waals surface area contributed by atoms with Gasteiger partial charge in [-0.2, -0.15) is 0 Å². The summed E-state index contributed by atoms with van der Waals surface area (Å²) in [6.45, 7) is 5.61. The molecule has 0 aliphatic rings. The molecule has 112 valence electrons. The number of nitrogens with zero attached hydrogens (tertiary/aromatic N) is 2. The molecule has 0 unspecified atom stereocenters. The highest BCUT2D eigenvalue weighted by Crippen LogP contribution is 2.22. The number of likely N-dealkylation sites (N-methyl/N-ethyl adjacent to an activating group) is 1. The van der Waals surface area contributed by atoms with E-state index in [0.717, 1.165) is 35.0 Å². The number of rotatable bonds is 5. The molecule has 0 fully saturated rings. The van der Waals surface area contributed by atoms with E-state index in [4.69, 9.17) is 0 Å². The molecule has 1 N–H and O–H groups in total. The van der Waals surface area contributed by atoms with Gasteiger partial charge in [0.25, 0.3) is 5.91 Å². The zero-order valence-corrected chi connectivity index (χ0v) is 13.2. The van der Waals surface area contributed by atoms with Gasteiger partial charge in [0.2, 0.25) is 0 Å². The Morgan fingerprint density at radius 3 is 2.76 bits per heavy atom. The summed E-state index contributed by atoms with van der Waals surface area (Å²) in [5, 5.41) is 4.04. The number of hydrogen-bond acceptors (Lipinski definition) is 3. The first-order chi connectivity index (χ1) is 10.0. The van der Waals surface area contributed by atoms with E-state index in [-0.39, 0.29) is 5.91 Å². The Hall–Kier alpha value is -1.94. The first-order valence-corrected chi connectivity index (χ1v) is 7.34. The molecular formula is C17H23N3O. The van der Waals surface area contributed by atoms with Gasteiger partial charge >= 0.3 is 0 Å². The number of pyridine rings is 1. The standard InChI is InChI=1S/C17H23N3O/c1-5-13-10-14-12(2)6-7-18-16(14)15(11-13)17(21)19-8-9-20(3)4/h6-7,10-11H,5,8-9H2,1-4H3,(H,19,21). The van der Waals surface area contributed by atoms with E-state index in [9.17, 15) is 4.79 Å². The molecule has 2 aromatic rings. The lowest BCUT2D eigenvalue weighted by Crippen LogP contribution is -2.31. The number of aryl methyl sites for hydroxylation is 2. The quantitative estimate of drug-likeness (QED) is 0.917. The van der Waals surface area contributed by atoms with Gasteiger partial charge in [-0.1, -0.05) is 6.92 Å². The lowest BCUT2D eigenvalue weighted by atomic mass is 10.0. The van der Waals surface area contributed by atoms with Crippen LogP contribution in [0.25, 0.3) is 10.9 Å². The molecule has 0 saturated carbocycles. The third-order valence-electron chi connectivity index (χ3n) is 3.62. The van der Waals surface area contributed by atoms with Crippen LogP contribution in [0.4, 0.5) is 0 Å². The molecular weight excluding hydrogens is 262 g/mol. The van der Waals surface area contributed by atoms with Crippen molar-refractivity contribution in [2.45, 2.75) is 20.3 Å². The molecule has 21 heavy (non-hydrogen) atoms. The Balaban J connectivity index is 2.37. The van der Waals surface area contributed by atoms with Crippen LogP contribution >= 0.6 is 0 Å². The first-order valence-electron chi connectivity index (χ1n) is 7.34. The molecule has 0 saturated heterocycles. The summed E-state index contributed by atoms with van der Waals surface area (Å²) in [6, 6.07) is 6.07. The average molecular weight is 285 g/mol. The van der Waals surface area contributed by atoms with Crippen molar-refractivity contribution in [1.82, 2.24) is 15.2 Å². The second-order valence-electron chi connectivity index (χ2n) is 5.58. The van der Waals surface area contributed by atoms with Gasteiger partial charge in [0.1, 0.15) is 0 Å². The molecule has 4 heteroatoms. The minimum atomic E-state index is -0.0461. The maximum atomic E-state index is 12.4. The fourth-order valence-electron chi connectivity index (χ4n) is 2.31. The highest BCUT2D eigenvalue weighted by Gasteiger charge is 2.13. The number of aromatic nitrogens is 1. The normalized spacial score (nSPS) is 11.1. The van der Waals surface area contributed by atoms with Crippen LogP contribution in [-0.2, 0) is 6.42 Å². The van der Waals surface area contributed by atoms with E-state index in [1.165, 1.54) is 0 Å².